The molecule has 0 spiro atoms. The van der Waals surface area contributed by atoms with Gasteiger partial charge in [-0.1, -0.05) is 43.7 Å². The van der Waals surface area contributed by atoms with Crippen molar-refractivity contribution < 1.29 is 9.53 Å². The number of benzene rings is 1. The van der Waals surface area contributed by atoms with Crippen molar-refractivity contribution in [3.8, 4) is 0 Å². The Morgan fingerprint density at radius 1 is 1.25 bits per heavy atom. The standard InChI is InChI=1S/C14H20O2/c1-4-5-11-16-14(2,3)13(15)12-9-7-6-8-10-12/h6-10H,4-5,11H2,1-3H3. The Morgan fingerprint density at radius 2 is 1.88 bits per heavy atom. The molecule has 1 aromatic carbocycles. The van der Waals surface area contributed by atoms with Gasteiger partial charge in [0.1, 0.15) is 5.60 Å². The molecular formula is C14H20O2. The van der Waals surface area contributed by atoms with E-state index in [4.69, 9.17) is 4.74 Å². The van der Waals surface area contributed by atoms with Crippen molar-refractivity contribution in [1.29, 1.82) is 0 Å². The lowest BCUT2D eigenvalue weighted by molar-refractivity contribution is -0.00545. The van der Waals surface area contributed by atoms with Crippen LogP contribution in [0.5, 0.6) is 0 Å². The predicted octanol–water partition coefficient (Wildman–Crippen LogP) is 3.46. The van der Waals surface area contributed by atoms with E-state index < -0.39 is 5.60 Å². The highest BCUT2D eigenvalue weighted by Crippen LogP contribution is 2.17. The second-order valence-electron chi connectivity index (χ2n) is 4.41. The zero-order chi connectivity index (χ0) is 12.0. The number of rotatable bonds is 6. The number of ether oxygens (including phenoxy) is 1. The molecule has 0 aliphatic heterocycles. The minimum Gasteiger partial charge on any atom is -0.367 e. The van der Waals surface area contributed by atoms with Gasteiger partial charge in [-0.15, -0.1) is 0 Å². The third-order valence-corrected chi connectivity index (χ3v) is 2.54. The minimum absolute atomic E-state index is 0.0456. The van der Waals surface area contributed by atoms with Gasteiger partial charge in [0.2, 0.25) is 0 Å². The zero-order valence-electron chi connectivity index (χ0n) is 10.3. The molecule has 2 heteroatoms. The maximum absolute atomic E-state index is 12.1. The molecule has 1 rings (SSSR count). The number of ketones is 1. The molecule has 0 atom stereocenters. The van der Waals surface area contributed by atoms with Crippen molar-refractivity contribution in [1.82, 2.24) is 0 Å². The first-order valence-electron chi connectivity index (χ1n) is 5.81. The molecule has 0 radical (unpaired) electrons. The minimum atomic E-state index is -0.726. The van der Waals surface area contributed by atoms with E-state index >= 15 is 0 Å². The van der Waals surface area contributed by atoms with E-state index in [2.05, 4.69) is 6.92 Å². The summed E-state index contributed by atoms with van der Waals surface area (Å²) in [6.45, 7) is 6.41. The number of carbonyl (C=O) groups is 1. The molecule has 0 N–H and O–H groups in total. The first-order valence-corrected chi connectivity index (χ1v) is 5.81. The van der Waals surface area contributed by atoms with Crippen LogP contribution in [0.25, 0.3) is 0 Å². The van der Waals surface area contributed by atoms with E-state index in [0.717, 1.165) is 12.8 Å². The van der Waals surface area contributed by atoms with Crippen molar-refractivity contribution in [2.45, 2.75) is 39.2 Å². The molecule has 0 heterocycles. The summed E-state index contributed by atoms with van der Waals surface area (Å²) in [5.41, 5.74) is -0.0136. The SMILES string of the molecule is CCCCOC(C)(C)C(=O)c1ccccc1. The largest absolute Gasteiger partial charge is 0.367 e. The van der Waals surface area contributed by atoms with Crippen molar-refractivity contribution >= 4 is 5.78 Å². The fourth-order valence-electron chi connectivity index (χ4n) is 1.47. The average molecular weight is 220 g/mol. The number of hydrogen-bond donors (Lipinski definition) is 0. The molecule has 2 nitrogen and oxygen atoms in total. The lowest BCUT2D eigenvalue weighted by atomic mass is 9.96. The van der Waals surface area contributed by atoms with Gasteiger partial charge in [-0.3, -0.25) is 4.79 Å². The van der Waals surface area contributed by atoms with Gasteiger partial charge < -0.3 is 4.74 Å². The summed E-state index contributed by atoms with van der Waals surface area (Å²) < 4.78 is 5.64. The maximum Gasteiger partial charge on any atom is 0.194 e. The summed E-state index contributed by atoms with van der Waals surface area (Å²) in [5.74, 6) is 0.0456. The van der Waals surface area contributed by atoms with Gasteiger partial charge in [0, 0.05) is 12.2 Å². The molecule has 0 bridgehead atoms. The molecule has 0 saturated carbocycles. The number of carbonyl (C=O) groups excluding carboxylic acids is 1. The van der Waals surface area contributed by atoms with E-state index in [9.17, 15) is 4.79 Å². The number of hydrogen-bond acceptors (Lipinski definition) is 2. The molecule has 0 fully saturated rings. The molecule has 0 amide bonds. The Balaban J connectivity index is 2.65. The average Bonchev–Trinajstić information content (AvgIpc) is 2.29. The molecule has 0 saturated heterocycles. The van der Waals surface area contributed by atoms with Crippen molar-refractivity contribution in [3.63, 3.8) is 0 Å². The van der Waals surface area contributed by atoms with Gasteiger partial charge in [-0.05, 0) is 20.3 Å². The molecule has 0 aliphatic rings. The highest BCUT2D eigenvalue weighted by molar-refractivity contribution is 6.01. The Kier molecular flexibility index (Phi) is 4.69. The van der Waals surface area contributed by atoms with Crippen LogP contribution in [0.3, 0.4) is 0 Å². The summed E-state index contributed by atoms with van der Waals surface area (Å²) in [6.07, 6.45) is 2.07. The molecule has 16 heavy (non-hydrogen) atoms. The molecular weight excluding hydrogens is 200 g/mol. The van der Waals surface area contributed by atoms with Crippen molar-refractivity contribution in [2.24, 2.45) is 0 Å². The third-order valence-electron chi connectivity index (χ3n) is 2.54. The lowest BCUT2D eigenvalue weighted by Crippen LogP contribution is -2.35. The smallest absolute Gasteiger partial charge is 0.194 e. The van der Waals surface area contributed by atoms with Gasteiger partial charge in [0.25, 0.3) is 0 Å². The second kappa shape index (κ2) is 5.80. The maximum atomic E-state index is 12.1. The summed E-state index contributed by atoms with van der Waals surface area (Å²) in [7, 11) is 0. The first kappa shape index (κ1) is 12.9. The van der Waals surface area contributed by atoms with E-state index in [1.807, 2.05) is 44.2 Å². The summed E-state index contributed by atoms with van der Waals surface area (Å²) >= 11 is 0. The molecule has 0 aromatic heterocycles. The quantitative estimate of drug-likeness (QED) is 0.542. The highest BCUT2D eigenvalue weighted by Gasteiger charge is 2.28. The summed E-state index contributed by atoms with van der Waals surface area (Å²) in [4.78, 5) is 12.1. The van der Waals surface area contributed by atoms with Crippen LogP contribution in [0.15, 0.2) is 30.3 Å². The van der Waals surface area contributed by atoms with Crippen LogP contribution in [0.4, 0.5) is 0 Å². The van der Waals surface area contributed by atoms with Gasteiger partial charge in [0.15, 0.2) is 5.78 Å². The van der Waals surface area contributed by atoms with Crippen LogP contribution >= 0.6 is 0 Å². The van der Waals surface area contributed by atoms with Crippen molar-refractivity contribution in [3.05, 3.63) is 35.9 Å². The molecule has 1 aromatic rings. The van der Waals surface area contributed by atoms with Gasteiger partial charge in [-0.25, -0.2) is 0 Å². The Morgan fingerprint density at radius 3 is 2.44 bits per heavy atom. The summed E-state index contributed by atoms with van der Waals surface area (Å²) in [6, 6.07) is 9.30. The monoisotopic (exact) mass is 220 g/mol. The summed E-state index contributed by atoms with van der Waals surface area (Å²) in [5, 5.41) is 0. The topological polar surface area (TPSA) is 26.3 Å². The molecule has 88 valence electrons. The first-order chi connectivity index (χ1) is 7.58. The van der Waals surface area contributed by atoms with E-state index in [1.165, 1.54) is 0 Å². The van der Waals surface area contributed by atoms with Gasteiger partial charge >= 0.3 is 0 Å². The predicted molar refractivity (Wildman–Crippen MR) is 65.7 cm³/mol. The zero-order valence-corrected chi connectivity index (χ0v) is 10.3. The number of Topliss-reactive ketones (excluding diaryl/α,β-unsaturated/α-hetero) is 1. The second-order valence-corrected chi connectivity index (χ2v) is 4.41. The van der Waals surface area contributed by atoms with Gasteiger partial charge in [-0.2, -0.15) is 0 Å². The third kappa shape index (κ3) is 3.46. The fraction of sp³-hybridized carbons (Fsp3) is 0.500. The van der Waals surface area contributed by atoms with Crippen LogP contribution in [0.1, 0.15) is 44.0 Å². The molecule has 0 aliphatic carbocycles. The van der Waals surface area contributed by atoms with Crippen molar-refractivity contribution in [2.75, 3.05) is 6.61 Å². The lowest BCUT2D eigenvalue weighted by Gasteiger charge is -2.23. The van der Waals surface area contributed by atoms with E-state index in [0.29, 0.717) is 12.2 Å². The van der Waals surface area contributed by atoms with Crippen LogP contribution in [-0.4, -0.2) is 18.0 Å². The molecule has 0 unspecified atom stereocenters. The van der Waals surface area contributed by atoms with Crippen LogP contribution < -0.4 is 0 Å². The highest BCUT2D eigenvalue weighted by atomic mass is 16.5. The van der Waals surface area contributed by atoms with E-state index in [1.54, 1.807) is 0 Å². The van der Waals surface area contributed by atoms with Crippen LogP contribution in [0, 0.1) is 0 Å². The van der Waals surface area contributed by atoms with Crippen LogP contribution in [0.2, 0.25) is 0 Å². The Labute approximate surface area is 97.6 Å². The van der Waals surface area contributed by atoms with Crippen LogP contribution in [-0.2, 0) is 4.74 Å². The Bertz CT molecular complexity index is 328. The van der Waals surface area contributed by atoms with Gasteiger partial charge in [0.05, 0.1) is 0 Å². The fourth-order valence-corrected chi connectivity index (χ4v) is 1.47. The normalized spacial score (nSPS) is 11.4. The number of unbranched alkanes of at least 4 members (excludes halogenated alkanes) is 1. The Hall–Kier alpha value is -1.15. The van der Waals surface area contributed by atoms with E-state index in [-0.39, 0.29) is 5.78 Å².